The molecular weight excluding hydrogens is 977 g/mol. The molecule has 0 bridgehead atoms. The molecule has 0 heterocycles. The van der Waals surface area contributed by atoms with E-state index in [0.29, 0.717) is 0 Å². The van der Waals surface area contributed by atoms with Gasteiger partial charge in [-0.1, -0.05) is 222 Å². The van der Waals surface area contributed by atoms with Gasteiger partial charge in [-0.25, -0.2) is 0 Å². The maximum Gasteiger partial charge on any atom is 0.0465 e. The van der Waals surface area contributed by atoms with Crippen LogP contribution in [0.25, 0.3) is 57.7 Å². The van der Waals surface area contributed by atoms with Crippen molar-refractivity contribution in [1.29, 1.82) is 0 Å². The smallest absolute Gasteiger partial charge is 0.0465 e. The first-order valence-electron chi connectivity index (χ1n) is 29.2. The molecule has 81 heavy (non-hydrogen) atoms. The number of fused-ring (bicyclic) bond motifs is 9. The largest absolute Gasteiger partial charge is 0.310 e. The van der Waals surface area contributed by atoms with Crippen LogP contribution in [0.4, 0.5) is 34.1 Å². The van der Waals surface area contributed by atoms with Gasteiger partial charge in [0.25, 0.3) is 0 Å². The summed E-state index contributed by atoms with van der Waals surface area (Å²) in [5, 5.41) is 0. The van der Waals surface area contributed by atoms with Crippen molar-refractivity contribution in [2.75, 3.05) is 9.80 Å². The maximum atomic E-state index is 2.48. The number of aryl methyl sites for hydroxylation is 4. The van der Waals surface area contributed by atoms with Crippen molar-refractivity contribution in [3.63, 3.8) is 0 Å². The molecule has 10 aromatic carbocycles. The fourth-order valence-electron chi connectivity index (χ4n) is 13.8. The zero-order valence-corrected chi connectivity index (χ0v) is 48.7. The molecule has 0 fully saturated rings. The summed E-state index contributed by atoms with van der Waals surface area (Å²) in [5.41, 5.74) is 32.9. The van der Waals surface area contributed by atoms with E-state index in [4.69, 9.17) is 0 Å². The van der Waals surface area contributed by atoms with Crippen molar-refractivity contribution >= 4 is 58.4 Å². The molecule has 0 aromatic heterocycles. The molecule has 13 rings (SSSR count). The predicted molar refractivity (Wildman–Crippen MR) is 347 cm³/mol. The molecule has 0 aliphatic heterocycles. The number of anilines is 6. The molecule has 398 valence electrons. The Kier molecular flexibility index (Phi) is 12.7. The summed E-state index contributed by atoms with van der Waals surface area (Å²) in [4.78, 5) is 4.78. The van der Waals surface area contributed by atoms with Crippen molar-refractivity contribution in [2.45, 2.75) is 98.3 Å². The zero-order chi connectivity index (χ0) is 56.0. The highest BCUT2D eigenvalue weighted by Gasteiger charge is 2.41. The van der Waals surface area contributed by atoms with E-state index in [-0.39, 0.29) is 16.2 Å². The molecule has 2 nitrogen and oxygen atoms in total. The lowest BCUT2D eigenvalue weighted by Gasteiger charge is -2.30. The molecule has 0 unspecified atom stereocenters. The Morgan fingerprint density at radius 2 is 0.494 bits per heavy atom. The third-order valence-electron chi connectivity index (χ3n) is 18.6. The number of hydrogen-bond acceptors (Lipinski definition) is 2. The van der Waals surface area contributed by atoms with Gasteiger partial charge in [-0.05, 0) is 202 Å². The summed E-state index contributed by atoms with van der Waals surface area (Å²) in [6.45, 7) is 22.9. The predicted octanol–water partition coefficient (Wildman–Crippen LogP) is 21.9. The Labute approximate surface area is 481 Å². The highest BCUT2D eigenvalue weighted by Crippen LogP contribution is 2.55. The van der Waals surface area contributed by atoms with Gasteiger partial charge in [0.2, 0.25) is 0 Å². The average molecular weight is 1050 g/mol. The van der Waals surface area contributed by atoms with E-state index in [0.717, 1.165) is 35.6 Å². The van der Waals surface area contributed by atoms with Gasteiger partial charge < -0.3 is 9.80 Å². The van der Waals surface area contributed by atoms with Crippen LogP contribution in [0.15, 0.2) is 206 Å². The Morgan fingerprint density at radius 3 is 0.765 bits per heavy atom. The quantitative estimate of drug-likeness (QED) is 0.113. The van der Waals surface area contributed by atoms with Crippen LogP contribution >= 0.6 is 0 Å². The first-order valence-corrected chi connectivity index (χ1v) is 29.2. The lowest BCUT2D eigenvalue weighted by molar-refractivity contribution is 0.490. The molecule has 0 N–H and O–H groups in total. The third-order valence-corrected chi connectivity index (χ3v) is 18.6. The van der Waals surface area contributed by atoms with Crippen LogP contribution in [0.2, 0.25) is 0 Å². The lowest BCUT2D eigenvalue weighted by Crippen LogP contribution is -2.23. The second-order valence-electron chi connectivity index (χ2n) is 24.4. The molecule has 0 saturated carbocycles. The monoisotopic (exact) mass is 1050 g/mol. The molecule has 2 heteroatoms. The van der Waals surface area contributed by atoms with E-state index in [2.05, 4.69) is 310 Å². The maximum absolute atomic E-state index is 2.48. The minimum atomic E-state index is -0.171. The summed E-state index contributed by atoms with van der Waals surface area (Å²) < 4.78 is 0. The van der Waals surface area contributed by atoms with Gasteiger partial charge in [0, 0.05) is 50.4 Å². The molecule has 0 amide bonds. The van der Waals surface area contributed by atoms with Crippen LogP contribution in [0.1, 0.15) is 132 Å². The van der Waals surface area contributed by atoms with E-state index in [1.807, 2.05) is 0 Å². The van der Waals surface area contributed by atoms with Gasteiger partial charge in [-0.3, -0.25) is 0 Å². The Balaban J connectivity index is 0.747. The van der Waals surface area contributed by atoms with Crippen LogP contribution in [-0.2, 0) is 16.2 Å². The minimum Gasteiger partial charge on any atom is -0.310 e. The van der Waals surface area contributed by atoms with Crippen molar-refractivity contribution < 1.29 is 0 Å². The van der Waals surface area contributed by atoms with Crippen LogP contribution < -0.4 is 9.80 Å². The van der Waals surface area contributed by atoms with E-state index >= 15 is 0 Å². The Bertz CT molecular complexity index is 3780. The molecule has 0 radical (unpaired) electrons. The Hall–Kier alpha value is -8.72. The fourth-order valence-corrected chi connectivity index (χ4v) is 13.8. The summed E-state index contributed by atoms with van der Waals surface area (Å²) in [7, 11) is 0. The molecule has 3 aliphatic rings. The topological polar surface area (TPSA) is 6.48 Å². The van der Waals surface area contributed by atoms with Crippen molar-refractivity contribution in [3.8, 4) is 33.4 Å². The summed E-state index contributed by atoms with van der Waals surface area (Å²) in [6, 6.07) is 78.1. The van der Waals surface area contributed by atoms with E-state index in [1.54, 1.807) is 0 Å². The molecule has 3 aliphatic carbocycles. The van der Waals surface area contributed by atoms with Gasteiger partial charge >= 0.3 is 0 Å². The van der Waals surface area contributed by atoms with E-state index in [9.17, 15) is 0 Å². The van der Waals surface area contributed by atoms with Gasteiger partial charge in [-0.2, -0.15) is 0 Å². The van der Waals surface area contributed by atoms with Crippen molar-refractivity contribution in [2.24, 2.45) is 0 Å². The van der Waals surface area contributed by atoms with Crippen LogP contribution in [0, 0.1) is 27.7 Å². The standard InChI is InChI=1S/C79H72N2/c1-11-79(12-2)75-47-57(23-21-55-25-39-65-67-43-37-63(49-73(67)77(7,8)71(65)45-55)80(59-29-13-51(3)14-30-59)60-31-15-52(4)16-32-60)27-41-69(75)70-42-28-58(48-76(70)79)24-22-56-26-40-66-68-44-38-64(50-74(68)78(9,10)72(66)46-56)81(61-33-17-53(5)18-34-61)62-35-19-54(6)20-36-62/h13-50H,11-12H2,1-10H3/b23-21+,24-22+. The molecule has 0 atom stereocenters. The summed E-state index contributed by atoms with van der Waals surface area (Å²) in [6.07, 6.45) is 11.4. The van der Waals surface area contributed by atoms with Gasteiger partial charge in [0.05, 0.1) is 0 Å². The van der Waals surface area contributed by atoms with Crippen LogP contribution in [0.5, 0.6) is 0 Å². The highest BCUT2D eigenvalue weighted by atomic mass is 15.1. The molecular formula is C79H72N2. The van der Waals surface area contributed by atoms with Gasteiger partial charge in [0.1, 0.15) is 0 Å². The molecule has 10 aromatic rings. The summed E-state index contributed by atoms with van der Waals surface area (Å²) >= 11 is 0. The minimum absolute atomic E-state index is 0.0637. The van der Waals surface area contributed by atoms with Gasteiger partial charge in [-0.15, -0.1) is 0 Å². The van der Waals surface area contributed by atoms with Crippen molar-refractivity contribution in [1.82, 2.24) is 0 Å². The first kappa shape index (κ1) is 51.7. The molecule has 0 saturated heterocycles. The second kappa shape index (κ2) is 19.8. The first-order chi connectivity index (χ1) is 39.1. The second-order valence-corrected chi connectivity index (χ2v) is 24.4. The third kappa shape index (κ3) is 8.79. The highest BCUT2D eigenvalue weighted by molar-refractivity contribution is 5.90. The SMILES string of the molecule is CCC1(CC)c2cc(/C=C/c3ccc4c(c3)C(C)(C)c3cc(N(c5ccc(C)cc5)c5ccc(C)cc5)ccc3-4)ccc2-c2ccc(/C=C/c3ccc4c(c3)C(C)(C)c3cc(N(c5ccc(C)cc5)c5ccc(C)cc5)ccc3-4)cc21. The number of nitrogens with zero attached hydrogens (tertiary/aromatic N) is 2. The number of rotatable bonds is 12. The normalized spacial score (nSPS) is 14.6. The number of benzene rings is 10. The summed E-state index contributed by atoms with van der Waals surface area (Å²) in [5.74, 6) is 0. The fraction of sp³-hybridized carbons (Fsp3) is 0.190. The lowest BCUT2D eigenvalue weighted by atomic mass is 9.73. The van der Waals surface area contributed by atoms with Gasteiger partial charge in [0.15, 0.2) is 0 Å². The van der Waals surface area contributed by atoms with E-state index in [1.165, 1.54) is 123 Å². The average Bonchev–Trinajstić information content (AvgIpc) is 3.99. The van der Waals surface area contributed by atoms with Crippen molar-refractivity contribution in [3.05, 3.63) is 284 Å². The molecule has 0 spiro atoms. The number of hydrogen-bond donors (Lipinski definition) is 0. The van der Waals surface area contributed by atoms with Crippen LogP contribution in [-0.4, -0.2) is 0 Å². The van der Waals surface area contributed by atoms with E-state index < -0.39 is 0 Å². The Morgan fingerprint density at radius 1 is 0.272 bits per heavy atom. The zero-order valence-electron chi connectivity index (χ0n) is 48.7. The van der Waals surface area contributed by atoms with Crippen LogP contribution in [0.3, 0.4) is 0 Å².